The Morgan fingerprint density at radius 2 is 2.31 bits per heavy atom. The molecule has 0 aliphatic rings. The maximum atomic E-state index is 10.5. The Bertz CT molecular complexity index is 415. The number of pyridine rings is 1. The first-order chi connectivity index (χ1) is 6.22. The smallest absolute Gasteiger partial charge is 0.202 e. The van der Waals surface area contributed by atoms with Crippen LogP contribution >= 0.6 is 0 Å². The van der Waals surface area contributed by atoms with E-state index in [0.717, 1.165) is 0 Å². The number of Topliss-reactive ketones (excluding diaryl/α,β-unsaturated/α-hetero) is 1. The Labute approximate surface area is 76.0 Å². The van der Waals surface area contributed by atoms with Crippen LogP contribution in [0.15, 0.2) is 18.3 Å². The number of ketones is 1. The van der Waals surface area contributed by atoms with Crippen molar-refractivity contribution >= 4 is 5.78 Å². The molecular weight excluding hydrogens is 164 g/mol. The summed E-state index contributed by atoms with van der Waals surface area (Å²) in [7, 11) is 0. The summed E-state index contributed by atoms with van der Waals surface area (Å²) in [6, 6.07) is 5.11. The molecule has 3 heteroatoms. The van der Waals surface area contributed by atoms with Crippen LogP contribution in [0.5, 0.6) is 0 Å². The molecule has 1 aromatic heterocycles. The summed E-state index contributed by atoms with van der Waals surface area (Å²) >= 11 is 0. The third-order valence-electron chi connectivity index (χ3n) is 1.26. The SMILES string of the molecule is CC(=O)C#Cc1ccc(C#N)nc1. The molecule has 1 aromatic rings. The second-order valence-corrected chi connectivity index (χ2v) is 2.35. The highest BCUT2D eigenvalue weighted by Gasteiger charge is 1.90. The van der Waals surface area contributed by atoms with E-state index in [1.165, 1.54) is 13.1 Å². The third-order valence-corrected chi connectivity index (χ3v) is 1.26. The number of nitriles is 1. The van der Waals surface area contributed by atoms with E-state index in [2.05, 4.69) is 16.8 Å². The van der Waals surface area contributed by atoms with E-state index in [1.807, 2.05) is 6.07 Å². The molecule has 3 nitrogen and oxygen atoms in total. The van der Waals surface area contributed by atoms with Crippen molar-refractivity contribution in [3.8, 4) is 17.9 Å². The summed E-state index contributed by atoms with van der Waals surface area (Å²) in [6.45, 7) is 1.39. The largest absolute Gasteiger partial charge is 0.285 e. The summed E-state index contributed by atoms with van der Waals surface area (Å²) in [5.41, 5.74) is 0.975. The van der Waals surface area contributed by atoms with Gasteiger partial charge >= 0.3 is 0 Å². The lowest BCUT2D eigenvalue weighted by Crippen LogP contribution is -1.85. The van der Waals surface area contributed by atoms with E-state index < -0.39 is 0 Å². The van der Waals surface area contributed by atoms with Crippen LogP contribution in [0.4, 0.5) is 0 Å². The van der Waals surface area contributed by atoms with Crippen molar-refractivity contribution in [3.63, 3.8) is 0 Å². The van der Waals surface area contributed by atoms with Gasteiger partial charge in [-0.1, -0.05) is 5.92 Å². The van der Waals surface area contributed by atoms with Gasteiger partial charge in [0.1, 0.15) is 11.8 Å². The van der Waals surface area contributed by atoms with E-state index in [-0.39, 0.29) is 5.78 Å². The first kappa shape index (κ1) is 8.96. The summed E-state index contributed by atoms with van der Waals surface area (Å²) in [6.07, 6.45) is 1.47. The van der Waals surface area contributed by atoms with E-state index in [4.69, 9.17) is 5.26 Å². The fourth-order valence-corrected chi connectivity index (χ4v) is 0.694. The van der Waals surface area contributed by atoms with Crippen molar-refractivity contribution in [2.45, 2.75) is 6.92 Å². The van der Waals surface area contributed by atoms with E-state index in [9.17, 15) is 4.79 Å². The standard InChI is InChI=1S/C10H6N2O/c1-8(13)2-3-9-4-5-10(6-11)12-7-9/h4-5,7H,1H3. The van der Waals surface area contributed by atoms with E-state index in [1.54, 1.807) is 12.1 Å². The normalized spacial score (nSPS) is 8.00. The predicted molar refractivity (Wildman–Crippen MR) is 46.5 cm³/mol. The summed E-state index contributed by atoms with van der Waals surface area (Å²) in [5.74, 6) is 4.82. The zero-order valence-electron chi connectivity index (χ0n) is 7.03. The molecule has 0 bridgehead atoms. The monoisotopic (exact) mass is 170 g/mol. The number of rotatable bonds is 0. The van der Waals surface area contributed by atoms with Gasteiger partial charge in [-0.25, -0.2) is 4.98 Å². The zero-order valence-corrected chi connectivity index (χ0v) is 7.03. The molecule has 0 N–H and O–H groups in total. The Kier molecular flexibility index (Phi) is 2.78. The lowest BCUT2D eigenvalue weighted by atomic mass is 10.2. The van der Waals surface area contributed by atoms with Gasteiger partial charge in [0.2, 0.25) is 5.78 Å². The van der Waals surface area contributed by atoms with Gasteiger partial charge in [0.05, 0.1) is 0 Å². The van der Waals surface area contributed by atoms with Gasteiger partial charge in [0.25, 0.3) is 0 Å². The van der Waals surface area contributed by atoms with Crippen LogP contribution in [0.3, 0.4) is 0 Å². The van der Waals surface area contributed by atoms with Crippen LogP contribution in [0.2, 0.25) is 0 Å². The van der Waals surface area contributed by atoms with Crippen molar-refractivity contribution < 1.29 is 4.79 Å². The van der Waals surface area contributed by atoms with Gasteiger partial charge in [0.15, 0.2) is 0 Å². The van der Waals surface area contributed by atoms with Crippen LogP contribution in [0.1, 0.15) is 18.2 Å². The average Bonchev–Trinajstić information content (AvgIpc) is 2.15. The van der Waals surface area contributed by atoms with Crippen LogP contribution in [0, 0.1) is 23.2 Å². The highest BCUT2D eigenvalue weighted by Crippen LogP contribution is 1.96. The highest BCUT2D eigenvalue weighted by atomic mass is 16.1. The zero-order chi connectivity index (χ0) is 9.68. The molecule has 0 fully saturated rings. The van der Waals surface area contributed by atoms with E-state index in [0.29, 0.717) is 11.3 Å². The average molecular weight is 170 g/mol. The fraction of sp³-hybridized carbons (Fsp3) is 0.100. The minimum absolute atomic E-state index is 0.190. The molecule has 0 atom stereocenters. The Morgan fingerprint density at radius 1 is 1.54 bits per heavy atom. The lowest BCUT2D eigenvalue weighted by molar-refractivity contribution is -0.111. The van der Waals surface area contributed by atoms with Crippen LogP contribution in [0.25, 0.3) is 0 Å². The van der Waals surface area contributed by atoms with Crippen molar-refractivity contribution in [1.82, 2.24) is 4.98 Å². The second-order valence-electron chi connectivity index (χ2n) is 2.35. The van der Waals surface area contributed by atoms with Crippen LogP contribution in [-0.2, 0) is 4.79 Å². The number of carbonyl (C=O) groups excluding carboxylic acids is 1. The molecule has 1 rings (SSSR count). The molecule has 13 heavy (non-hydrogen) atoms. The summed E-state index contributed by atoms with van der Waals surface area (Å²) < 4.78 is 0. The Balaban J connectivity index is 2.90. The van der Waals surface area contributed by atoms with Gasteiger partial charge in [0, 0.05) is 18.7 Å². The highest BCUT2D eigenvalue weighted by molar-refractivity contribution is 5.93. The minimum Gasteiger partial charge on any atom is -0.285 e. The summed E-state index contributed by atoms with van der Waals surface area (Å²) in [4.78, 5) is 14.3. The van der Waals surface area contributed by atoms with Gasteiger partial charge in [-0.2, -0.15) is 5.26 Å². The molecule has 0 aliphatic carbocycles. The molecule has 0 unspecified atom stereocenters. The van der Waals surface area contributed by atoms with Crippen molar-refractivity contribution in [2.75, 3.05) is 0 Å². The third kappa shape index (κ3) is 2.76. The maximum absolute atomic E-state index is 10.5. The van der Waals surface area contributed by atoms with Crippen molar-refractivity contribution in [2.24, 2.45) is 0 Å². The number of aromatic nitrogens is 1. The molecule has 0 saturated heterocycles. The molecule has 0 aliphatic heterocycles. The lowest BCUT2D eigenvalue weighted by Gasteiger charge is -1.87. The molecule has 0 amide bonds. The van der Waals surface area contributed by atoms with Crippen molar-refractivity contribution in [3.05, 3.63) is 29.6 Å². The van der Waals surface area contributed by atoms with Gasteiger partial charge in [-0.3, -0.25) is 4.79 Å². The number of nitrogens with zero attached hydrogens (tertiary/aromatic N) is 2. The van der Waals surface area contributed by atoms with Crippen LogP contribution in [-0.4, -0.2) is 10.8 Å². The molecule has 0 aromatic carbocycles. The molecule has 0 radical (unpaired) electrons. The van der Waals surface area contributed by atoms with Gasteiger partial charge < -0.3 is 0 Å². The topological polar surface area (TPSA) is 53.8 Å². The minimum atomic E-state index is -0.190. The number of hydrogen-bond acceptors (Lipinski definition) is 3. The van der Waals surface area contributed by atoms with Gasteiger partial charge in [-0.15, -0.1) is 0 Å². The fourth-order valence-electron chi connectivity index (χ4n) is 0.694. The quantitative estimate of drug-likeness (QED) is 0.543. The summed E-state index contributed by atoms with van der Waals surface area (Å²) in [5, 5.41) is 8.44. The second kappa shape index (κ2) is 4.04. The first-order valence-electron chi connectivity index (χ1n) is 3.61. The molecule has 62 valence electrons. The predicted octanol–water partition coefficient (Wildman–Crippen LogP) is 0.894. The molecule has 1 heterocycles. The molecule has 0 saturated carbocycles. The number of hydrogen-bond donors (Lipinski definition) is 0. The van der Waals surface area contributed by atoms with E-state index >= 15 is 0 Å². The number of carbonyl (C=O) groups is 1. The Hall–Kier alpha value is -2.13. The van der Waals surface area contributed by atoms with Gasteiger partial charge in [-0.05, 0) is 18.1 Å². The molecular formula is C10H6N2O. The molecule has 0 spiro atoms. The Morgan fingerprint density at radius 3 is 2.77 bits per heavy atom. The first-order valence-corrected chi connectivity index (χ1v) is 3.61. The maximum Gasteiger partial charge on any atom is 0.202 e. The van der Waals surface area contributed by atoms with Crippen molar-refractivity contribution in [1.29, 1.82) is 5.26 Å². The van der Waals surface area contributed by atoms with Crippen LogP contribution < -0.4 is 0 Å².